The molecule has 6 heteroatoms. The van der Waals surface area contributed by atoms with Gasteiger partial charge in [-0.05, 0) is 37.0 Å². The lowest BCUT2D eigenvalue weighted by Gasteiger charge is -2.08. The number of aromatic nitrogens is 2. The smallest absolute Gasteiger partial charge is 0.313 e. The lowest BCUT2D eigenvalue weighted by molar-refractivity contribution is -0.133. The number of carboxylic acids is 1. The van der Waals surface area contributed by atoms with Crippen LogP contribution in [0.25, 0.3) is 11.0 Å². The number of fused-ring (bicyclic) bond motifs is 1. The topological polar surface area (TPSA) is 55.1 Å². The van der Waals surface area contributed by atoms with Gasteiger partial charge < -0.3 is 9.67 Å². The van der Waals surface area contributed by atoms with Gasteiger partial charge in [-0.3, -0.25) is 4.79 Å². The number of benzene rings is 1. The molecule has 4 nitrogen and oxygen atoms in total. The Labute approximate surface area is 136 Å². The maximum Gasteiger partial charge on any atom is 0.313 e. The van der Waals surface area contributed by atoms with Gasteiger partial charge in [-0.25, -0.2) is 4.98 Å². The standard InChI is InChI=1S/C15H17BrN2O2S/c1-2-3-9-6-12(9)18-13-7-10(16)4-5-11(13)17-15(18)21-8-14(19)20/h4-5,7,9,12H,2-3,6,8H2,1H3,(H,19,20). The summed E-state index contributed by atoms with van der Waals surface area (Å²) in [5.74, 6) is -0.0494. The second-order valence-electron chi connectivity index (χ2n) is 5.43. The van der Waals surface area contributed by atoms with Crippen LogP contribution in [-0.4, -0.2) is 26.4 Å². The highest BCUT2D eigenvalue weighted by Crippen LogP contribution is 2.49. The Bertz CT molecular complexity index is 686. The second kappa shape index (κ2) is 6.01. The summed E-state index contributed by atoms with van der Waals surface area (Å²) < 4.78 is 3.27. The number of aliphatic carboxylic acids is 1. The highest BCUT2D eigenvalue weighted by molar-refractivity contribution is 9.10. The molecule has 1 aliphatic carbocycles. The molecule has 0 saturated heterocycles. The summed E-state index contributed by atoms with van der Waals surface area (Å²) in [6.07, 6.45) is 3.59. The average Bonchev–Trinajstić information content (AvgIpc) is 3.09. The normalized spacial score (nSPS) is 20.9. The molecule has 0 amide bonds. The molecule has 0 radical (unpaired) electrons. The van der Waals surface area contributed by atoms with E-state index >= 15 is 0 Å². The van der Waals surface area contributed by atoms with E-state index in [-0.39, 0.29) is 5.75 Å². The Balaban J connectivity index is 1.98. The van der Waals surface area contributed by atoms with Crippen LogP contribution in [0.15, 0.2) is 27.8 Å². The first-order chi connectivity index (χ1) is 10.1. The van der Waals surface area contributed by atoms with Gasteiger partial charge in [0.25, 0.3) is 0 Å². The monoisotopic (exact) mass is 368 g/mol. The van der Waals surface area contributed by atoms with Gasteiger partial charge in [0.15, 0.2) is 5.16 Å². The summed E-state index contributed by atoms with van der Waals surface area (Å²) in [6.45, 7) is 2.21. The van der Waals surface area contributed by atoms with Crippen molar-refractivity contribution in [1.29, 1.82) is 0 Å². The third kappa shape index (κ3) is 3.11. The van der Waals surface area contributed by atoms with Gasteiger partial charge >= 0.3 is 5.97 Å². The molecule has 1 aromatic carbocycles. The summed E-state index contributed by atoms with van der Waals surface area (Å²) in [6, 6.07) is 6.51. The van der Waals surface area contributed by atoms with E-state index in [1.807, 2.05) is 12.1 Å². The van der Waals surface area contributed by atoms with Gasteiger partial charge in [0.05, 0.1) is 16.8 Å². The summed E-state index contributed by atoms with van der Waals surface area (Å²) in [7, 11) is 0. The first-order valence-electron chi connectivity index (χ1n) is 7.12. The maximum absolute atomic E-state index is 10.8. The van der Waals surface area contributed by atoms with Gasteiger partial charge in [0.2, 0.25) is 0 Å². The Hall–Kier alpha value is -1.01. The van der Waals surface area contributed by atoms with Crippen molar-refractivity contribution in [2.45, 2.75) is 37.4 Å². The quantitative estimate of drug-likeness (QED) is 0.770. The molecule has 0 bridgehead atoms. The van der Waals surface area contributed by atoms with E-state index in [0.29, 0.717) is 12.0 Å². The third-order valence-corrected chi connectivity index (χ3v) is 5.25. The minimum atomic E-state index is -0.805. The number of hydrogen-bond acceptors (Lipinski definition) is 3. The summed E-state index contributed by atoms with van der Waals surface area (Å²) in [5.41, 5.74) is 2.04. The fourth-order valence-corrected chi connectivity index (χ4v) is 3.96. The van der Waals surface area contributed by atoms with Crippen LogP contribution in [0.5, 0.6) is 0 Å². The van der Waals surface area contributed by atoms with Crippen molar-refractivity contribution in [3.8, 4) is 0 Å². The first kappa shape index (κ1) is 14.9. The molecule has 2 atom stereocenters. The maximum atomic E-state index is 10.8. The zero-order chi connectivity index (χ0) is 15.0. The van der Waals surface area contributed by atoms with Crippen molar-refractivity contribution in [3.05, 3.63) is 22.7 Å². The molecule has 21 heavy (non-hydrogen) atoms. The largest absolute Gasteiger partial charge is 0.481 e. The van der Waals surface area contributed by atoms with E-state index < -0.39 is 5.97 Å². The minimum absolute atomic E-state index is 0.0512. The predicted octanol–water partition coefficient (Wildman–Crippen LogP) is 4.34. The molecule has 1 saturated carbocycles. The summed E-state index contributed by atoms with van der Waals surface area (Å²) in [5, 5.41) is 9.74. The molecular weight excluding hydrogens is 352 g/mol. The van der Waals surface area contributed by atoms with E-state index in [2.05, 4.69) is 38.5 Å². The highest BCUT2D eigenvalue weighted by atomic mass is 79.9. The van der Waals surface area contributed by atoms with Crippen molar-refractivity contribution in [2.75, 3.05) is 5.75 Å². The fraction of sp³-hybridized carbons (Fsp3) is 0.467. The number of carbonyl (C=O) groups is 1. The van der Waals surface area contributed by atoms with Gasteiger partial charge in [0.1, 0.15) is 0 Å². The lowest BCUT2D eigenvalue weighted by atomic mass is 10.2. The van der Waals surface area contributed by atoms with Crippen LogP contribution >= 0.6 is 27.7 Å². The molecule has 112 valence electrons. The van der Waals surface area contributed by atoms with E-state index in [1.54, 1.807) is 0 Å². The predicted molar refractivity (Wildman–Crippen MR) is 87.8 cm³/mol. The van der Waals surface area contributed by atoms with E-state index in [4.69, 9.17) is 5.11 Å². The van der Waals surface area contributed by atoms with Gasteiger partial charge in [-0.2, -0.15) is 0 Å². The first-order valence-corrected chi connectivity index (χ1v) is 8.90. The minimum Gasteiger partial charge on any atom is -0.481 e. The Morgan fingerprint density at radius 1 is 1.57 bits per heavy atom. The lowest BCUT2D eigenvalue weighted by Crippen LogP contribution is -2.03. The zero-order valence-corrected chi connectivity index (χ0v) is 14.2. The Morgan fingerprint density at radius 3 is 3.10 bits per heavy atom. The molecule has 2 aromatic rings. The van der Waals surface area contributed by atoms with Crippen LogP contribution in [0, 0.1) is 5.92 Å². The van der Waals surface area contributed by atoms with Crippen LogP contribution in [-0.2, 0) is 4.79 Å². The molecule has 1 aromatic heterocycles. The fourth-order valence-electron chi connectivity index (χ4n) is 2.82. The number of imidazole rings is 1. The van der Waals surface area contributed by atoms with E-state index in [9.17, 15) is 4.79 Å². The molecular formula is C15H17BrN2O2S. The second-order valence-corrected chi connectivity index (χ2v) is 7.29. The SMILES string of the molecule is CCCC1CC1n1c(SCC(=O)O)nc2ccc(Br)cc21. The number of rotatable bonds is 6. The number of carboxylic acid groups (broad SMARTS) is 1. The van der Waals surface area contributed by atoms with Crippen LogP contribution in [0.2, 0.25) is 0 Å². The van der Waals surface area contributed by atoms with Crippen LogP contribution < -0.4 is 0 Å². The van der Waals surface area contributed by atoms with E-state index in [0.717, 1.165) is 20.7 Å². The number of halogens is 1. The number of thioether (sulfide) groups is 1. The van der Waals surface area contributed by atoms with Gasteiger partial charge in [0, 0.05) is 10.5 Å². The summed E-state index contributed by atoms with van der Waals surface area (Å²) in [4.78, 5) is 15.5. The Morgan fingerprint density at radius 2 is 2.38 bits per heavy atom. The van der Waals surface area contributed by atoms with Gasteiger partial charge in [-0.15, -0.1) is 0 Å². The van der Waals surface area contributed by atoms with Gasteiger partial charge in [-0.1, -0.05) is 41.0 Å². The zero-order valence-electron chi connectivity index (χ0n) is 11.8. The molecule has 1 heterocycles. The Kier molecular flexibility index (Phi) is 4.26. The van der Waals surface area contributed by atoms with Crippen molar-refractivity contribution in [1.82, 2.24) is 9.55 Å². The van der Waals surface area contributed by atoms with Crippen LogP contribution in [0.3, 0.4) is 0 Å². The van der Waals surface area contributed by atoms with Crippen LogP contribution in [0.4, 0.5) is 0 Å². The molecule has 1 fully saturated rings. The molecule has 3 rings (SSSR count). The van der Waals surface area contributed by atoms with Crippen molar-refractivity contribution in [3.63, 3.8) is 0 Å². The molecule has 1 N–H and O–H groups in total. The molecule has 1 aliphatic rings. The van der Waals surface area contributed by atoms with Crippen molar-refractivity contribution < 1.29 is 9.90 Å². The number of hydrogen-bond donors (Lipinski definition) is 1. The molecule has 0 spiro atoms. The van der Waals surface area contributed by atoms with Crippen molar-refractivity contribution >= 4 is 44.7 Å². The van der Waals surface area contributed by atoms with Crippen molar-refractivity contribution in [2.24, 2.45) is 5.92 Å². The highest BCUT2D eigenvalue weighted by Gasteiger charge is 2.40. The number of nitrogens with zero attached hydrogens (tertiary/aromatic N) is 2. The third-order valence-electron chi connectivity index (χ3n) is 3.82. The average molecular weight is 369 g/mol. The van der Waals surface area contributed by atoms with E-state index in [1.165, 1.54) is 31.0 Å². The van der Waals surface area contributed by atoms with Crippen LogP contribution in [0.1, 0.15) is 32.2 Å². The molecule has 2 unspecified atom stereocenters. The summed E-state index contributed by atoms with van der Waals surface area (Å²) >= 11 is 4.82. The molecule has 0 aliphatic heterocycles.